The number of carbonyl (C=O) groups is 2. The van der Waals surface area contributed by atoms with Crippen molar-refractivity contribution < 1.29 is 23.8 Å². The molecule has 17 heteroatoms. The summed E-state index contributed by atoms with van der Waals surface area (Å²) >= 11 is 0. The topological polar surface area (TPSA) is 155 Å². The first-order valence-electron chi connectivity index (χ1n) is 25.1. The van der Waals surface area contributed by atoms with E-state index in [4.69, 9.17) is 14.2 Å². The van der Waals surface area contributed by atoms with Gasteiger partial charge in [-0.15, -0.1) is 0 Å². The molecule has 0 radical (unpaired) electrons. The average molecular weight is 989 g/mol. The van der Waals surface area contributed by atoms with Gasteiger partial charge in [0, 0.05) is 164 Å². The van der Waals surface area contributed by atoms with Gasteiger partial charge < -0.3 is 60.0 Å². The molecular weight excluding hydrogens is 921 g/mol. The van der Waals surface area contributed by atoms with E-state index in [2.05, 4.69) is 100 Å². The van der Waals surface area contributed by atoms with Crippen molar-refractivity contribution in [3.05, 3.63) is 121 Å². The molecule has 17 nitrogen and oxygen atoms in total. The number of benzene rings is 4. The van der Waals surface area contributed by atoms with Crippen LogP contribution in [-0.2, 0) is 27.2 Å². The number of piperazine rings is 2. The fourth-order valence-corrected chi connectivity index (χ4v) is 9.90. The van der Waals surface area contributed by atoms with Crippen LogP contribution in [0, 0.1) is 0 Å². The Bertz CT molecular complexity index is 2880. The second kappa shape index (κ2) is 23.3. The second-order valence-corrected chi connectivity index (χ2v) is 18.7. The van der Waals surface area contributed by atoms with Crippen molar-refractivity contribution >= 4 is 80.3 Å². The molecule has 4 N–H and O–H groups in total. The van der Waals surface area contributed by atoms with E-state index in [1.54, 1.807) is 47.6 Å². The highest BCUT2D eigenvalue weighted by Gasteiger charge is 2.26. The molecule has 73 heavy (non-hydrogen) atoms. The lowest BCUT2D eigenvalue weighted by Crippen LogP contribution is -2.47. The van der Waals surface area contributed by atoms with Gasteiger partial charge in [0.1, 0.15) is 23.1 Å². The molecule has 6 heterocycles. The molecule has 2 aromatic heterocycles. The zero-order valence-corrected chi connectivity index (χ0v) is 42.9. The monoisotopic (exact) mass is 989 g/mol. The SMILES string of the molecule is COCCN1CCN(c2ccc(Nc3cc(Nc4cccc5c4N(C(C)=O)CC5)ccn3)c(OC)c2)CC1.COc1cc(N2CCN(C)CC2)ccc1Nc1cc(Nc2ccc3c(c2)CCN3C(C)=O)ccn1. The maximum absolute atomic E-state index is 12.2. The largest absolute Gasteiger partial charge is 0.494 e. The van der Waals surface area contributed by atoms with E-state index in [0.29, 0.717) is 12.4 Å². The molecule has 382 valence electrons. The van der Waals surface area contributed by atoms with E-state index in [1.807, 2.05) is 64.4 Å². The Morgan fingerprint density at radius 1 is 0.548 bits per heavy atom. The molecule has 6 aromatic rings. The predicted molar refractivity (Wildman–Crippen MR) is 294 cm³/mol. The van der Waals surface area contributed by atoms with Crippen LogP contribution in [0.2, 0.25) is 0 Å². The number of nitrogens with zero attached hydrogens (tertiary/aromatic N) is 8. The van der Waals surface area contributed by atoms with E-state index in [1.165, 1.54) is 16.8 Å². The number of ether oxygens (including phenoxy) is 3. The quantitative estimate of drug-likeness (QED) is 0.0777. The molecule has 0 aliphatic carbocycles. The van der Waals surface area contributed by atoms with Gasteiger partial charge in [-0.25, -0.2) is 9.97 Å². The van der Waals surface area contributed by atoms with Crippen molar-refractivity contribution in [1.29, 1.82) is 0 Å². The minimum atomic E-state index is 0.0543. The Hall–Kier alpha value is -7.60. The number of rotatable bonds is 15. The van der Waals surface area contributed by atoms with Gasteiger partial charge in [-0.3, -0.25) is 14.5 Å². The van der Waals surface area contributed by atoms with Crippen molar-refractivity contribution in [3.63, 3.8) is 0 Å². The Balaban J connectivity index is 0.000000180. The zero-order chi connectivity index (χ0) is 50.8. The standard InChI is InChI=1S/C29H36N6O3.C27H32N6O2/c1-21(36)35-12-10-22-5-4-6-26(29(22)35)31-23-9-11-30-28(19-23)32-25-8-7-24(20-27(25)38-3)34-15-13-33(14-16-34)17-18-37-2;1-19(34)33-11-9-20-16-21(4-7-25(20)33)29-22-8-10-28-27(17-22)30-24-6-5-23(18-26(24)35-3)32-14-12-31(2)13-15-32/h4-9,11,19-20H,10,12-18H2,1-3H3,(H2,30,31,32);4-8,10,16-18H,9,11-15H2,1-3H3,(H2,28,29,30). The lowest BCUT2D eigenvalue weighted by Gasteiger charge is -2.36. The smallest absolute Gasteiger partial charge is 0.223 e. The molecule has 0 unspecified atom stereocenters. The summed E-state index contributed by atoms with van der Waals surface area (Å²) in [5.41, 5.74) is 12.1. The molecule has 4 aliphatic heterocycles. The number of aromatic nitrogens is 2. The van der Waals surface area contributed by atoms with Crippen molar-refractivity contribution in [2.75, 3.05) is 148 Å². The number of amides is 2. The molecule has 0 spiro atoms. The number of methoxy groups -OCH3 is 3. The first-order chi connectivity index (χ1) is 35.5. The Kier molecular flexibility index (Phi) is 16.1. The summed E-state index contributed by atoms with van der Waals surface area (Å²) in [4.78, 5) is 46.2. The van der Waals surface area contributed by atoms with Gasteiger partial charge in [-0.2, -0.15) is 0 Å². The average Bonchev–Trinajstić information content (AvgIpc) is 4.05. The molecule has 4 aromatic carbocycles. The number of carbonyl (C=O) groups excluding carboxylic acids is 2. The van der Waals surface area contributed by atoms with Crippen LogP contribution in [0.1, 0.15) is 25.0 Å². The van der Waals surface area contributed by atoms with E-state index in [9.17, 15) is 9.59 Å². The molecule has 2 fully saturated rings. The van der Waals surface area contributed by atoms with E-state index in [0.717, 1.165) is 153 Å². The summed E-state index contributed by atoms with van der Waals surface area (Å²) in [6.45, 7) is 14.5. The van der Waals surface area contributed by atoms with Gasteiger partial charge in [0.05, 0.1) is 43.6 Å². The number of hydrogen-bond acceptors (Lipinski definition) is 15. The number of pyridine rings is 2. The van der Waals surface area contributed by atoms with Gasteiger partial charge in [0.15, 0.2) is 0 Å². The first kappa shape index (κ1) is 50.3. The maximum atomic E-state index is 12.2. The molecule has 10 rings (SSSR count). The lowest BCUT2D eigenvalue weighted by atomic mass is 10.1. The number of fused-ring (bicyclic) bond motifs is 2. The summed E-state index contributed by atoms with van der Waals surface area (Å²) < 4.78 is 16.6. The molecule has 2 saturated heterocycles. The van der Waals surface area contributed by atoms with Crippen molar-refractivity contribution in [3.8, 4) is 11.5 Å². The zero-order valence-electron chi connectivity index (χ0n) is 42.9. The summed E-state index contributed by atoms with van der Waals surface area (Å²) in [6, 6.07) is 32.6. The summed E-state index contributed by atoms with van der Waals surface area (Å²) in [6.07, 6.45) is 5.28. The Morgan fingerprint density at radius 2 is 1.11 bits per heavy atom. The number of nitrogens with one attached hydrogen (secondary N) is 4. The fraction of sp³-hybridized carbons (Fsp3) is 0.357. The van der Waals surface area contributed by atoms with Crippen LogP contribution < -0.4 is 50.3 Å². The highest BCUT2D eigenvalue weighted by molar-refractivity contribution is 5.99. The fourth-order valence-electron chi connectivity index (χ4n) is 9.90. The third kappa shape index (κ3) is 12.2. The third-order valence-electron chi connectivity index (χ3n) is 13.9. The normalized spacial score (nSPS) is 15.5. The number of anilines is 12. The van der Waals surface area contributed by atoms with E-state index < -0.39 is 0 Å². The molecule has 4 aliphatic rings. The Labute approximate surface area is 429 Å². The third-order valence-corrected chi connectivity index (χ3v) is 13.9. The minimum Gasteiger partial charge on any atom is -0.494 e. The first-order valence-corrected chi connectivity index (χ1v) is 25.1. The van der Waals surface area contributed by atoms with Crippen LogP contribution in [-0.4, -0.2) is 139 Å². The number of hydrogen-bond donors (Lipinski definition) is 4. The summed E-state index contributed by atoms with van der Waals surface area (Å²) in [5, 5.41) is 13.8. The molecule has 2 amide bonds. The number of para-hydroxylation sites is 1. The van der Waals surface area contributed by atoms with Gasteiger partial charge in [-0.1, -0.05) is 12.1 Å². The van der Waals surface area contributed by atoms with Gasteiger partial charge >= 0.3 is 0 Å². The van der Waals surface area contributed by atoms with Crippen LogP contribution in [0.3, 0.4) is 0 Å². The minimum absolute atomic E-state index is 0.0543. The van der Waals surface area contributed by atoms with Crippen LogP contribution in [0.25, 0.3) is 0 Å². The van der Waals surface area contributed by atoms with Gasteiger partial charge in [0.25, 0.3) is 0 Å². The highest BCUT2D eigenvalue weighted by atomic mass is 16.5. The van der Waals surface area contributed by atoms with Crippen LogP contribution in [0.4, 0.5) is 68.5 Å². The van der Waals surface area contributed by atoms with Crippen LogP contribution >= 0.6 is 0 Å². The van der Waals surface area contributed by atoms with Crippen molar-refractivity contribution in [2.24, 2.45) is 0 Å². The predicted octanol–water partition coefficient (Wildman–Crippen LogP) is 8.49. The molecule has 0 atom stereocenters. The highest BCUT2D eigenvalue weighted by Crippen LogP contribution is 2.39. The van der Waals surface area contributed by atoms with Crippen molar-refractivity contribution in [2.45, 2.75) is 26.7 Å². The summed E-state index contributed by atoms with van der Waals surface area (Å²) in [5.74, 6) is 3.12. The Morgan fingerprint density at radius 3 is 1.70 bits per heavy atom. The van der Waals surface area contributed by atoms with Crippen molar-refractivity contribution in [1.82, 2.24) is 19.8 Å². The lowest BCUT2D eigenvalue weighted by molar-refractivity contribution is -0.117. The maximum Gasteiger partial charge on any atom is 0.223 e. The van der Waals surface area contributed by atoms with Gasteiger partial charge in [0.2, 0.25) is 11.8 Å². The van der Waals surface area contributed by atoms with E-state index in [-0.39, 0.29) is 11.8 Å². The molecular formula is C56H68N12O5. The summed E-state index contributed by atoms with van der Waals surface area (Å²) in [7, 11) is 7.29. The second-order valence-electron chi connectivity index (χ2n) is 18.7. The van der Waals surface area contributed by atoms with Gasteiger partial charge in [-0.05, 0) is 91.7 Å². The number of likely N-dealkylation sites (N-methyl/N-ethyl adjacent to an activating group) is 1. The molecule has 0 bridgehead atoms. The van der Waals surface area contributed by atoms with Crippen LogP contribution in [0.15, 0.2) is 109 Å². The van der Waals surface area contributed by atoms with E-state index >= 15 is 0 Å². The molecule has 0 saturated carbocycles. The van der Waals surface area contributed by atoms with Crippen LogP contribution in [0.5, 0.6) is 11.5 Å².